The third-order valence-electron chi connectivity index (χ3n) is 14.6. The number of fused-ring (bicyclic) bond motifs is 6. The molecule has 81 heavy (non-hydrogen) atoms. The largest absolute Gasteiger partial charge is 0.416 e. The Morgan fingerprint density at radius 3 is 1.35 bits per heavy atom. The molecule has 0 aliphatic heterocycles. The van der Waals surface area contributed by atoms with Gasteiger partial charge in [-0.15, -0.1) is 0 Å². The van der Waals surface area contributed by atoms with Crippen LogP contribution >= 0.6 is 0 Å². The molecule has 0 unspecified atom stereocenters. The molecule has 0 amide bonds. The minimum absolute atomic E-state index is 0.0355. The van der Waals surface area contributed by atoms with Gasteiger partial charge in [0.1, 0.15) is 0 Å². The van der Waals surface area contributed by atoms with Crippen molar-refractivity contribution in [2.24, 2.45) is 0 Å². The van der Waals surface area contributed by atoms with Crippen LogP contribution in [-0.2, 0) is 18.5 Å². The minimum atomic E-state index is -5.12. The fourth-order valence-electron chi connectivity index (χ4n) is 11.0. The van der Waals surface area contributed by atoms with Crippen LogP contribution in [0.2, 0.25) is 0 Å². The molecule has 0 atom stereocenters. The molecular weight excluding hydrogens is 1050 g/mol. The molecular formula is C67H40F9N5. The summed E-state index contributed by atoms with van der Waals surface area (Å²) in [6.07, 6.45) is -14.9. The Hall–Kier alpha value is -9.82. The number of halogens is 9. The number of alkyl halides is 9. The Labute approximate surface area is 456 Å². The maximum atomic E-state index is 14.5. The monoisotopic (exact) mass is 1090 g/mol. The third kappa shape index (κ3) is 9.21. The quantitative estimate of drug-likeness (QED) is 0.143. The second-order valence-electron chi connectivity index (χ2n) is 19.8. The van der Waals surface area contributed by atoms with Crippen molar-refractivity contribution >= 4 is 43.6 Å². The standard InChI is InChI=1S/C67H40F9N5/c1-39-30-45(32-47(31-39)65(68,69)70)42-24-27-53-54-28-25-43(46-33-48(66(71,72)73)38-49(34-46)67(74,75)76)37-60(54)81(59(53)36-42)58-29-26-44(51-21-13-22-55-52-20-11-12-23-57(52)80(61(51)55)50-18-9-4-10-19-50)35-56(58)64-78-62(40-14-5-2-6-15-40)77-63(79-64)41-16-7-3-8-17-41/h2-38H,1H3. The van der Waals surface area contributed by atoms with E-state index in [0.29, 0.717) is 79.1 Å². The number of benzene rings is 10. The van der Waals surface area contributed by atoms with E-state index < -0.39 is 35.2 Å². The van der Waals surface area contributed by atoms with Crippen LogP contribution in [0.1, 0.15) is 22.3 Å². The molecule has 3 heterocycles. The highest BCUT2D eigenvalue weighted by Gasteiger charge is 2.37. The molecule has 10 aromatic carbocycles. The highest BCUT2D eigenvalue weighted by molar-refractivity contribution is 6.15. The van der Waals surface area contributed by atoms with Gasteiger partial charge in [0.2, 0.25) is 0 Å². The zero-order valence-electron chi connectivity index (χ0n) is 42.5. The third-order valence-corrected chi connectivity index (χ3v) is 14.6. The molecule has 5 nitrogen and oxygen atoms in total. The molecule has 3 aromatic heterocycles. The zero-order chi connectivity index (χ0) is 56.0. The van der Waals surface area contributed by atoms with Gasteiger partial charge in [0, 0.05) is 49.5 Å². The van der Waals surface area contributed by atoms with Crippen molar-refractivity contribution in [3.63, 3.8) is 0 Å². The van der Waals surface area contributed by atoms with Gasteiger partial charge >= 0.3 is 18.5 Å². The van der Waals surface area contributed by atoms with E-state index >= 15 is 0 Å². The molecule has 396 valence electrons. The van der Waals surface area contributed by atoms with Crippen LogP contribution < -0.4 is 0 Å². The summed E-state index contributed by atoms with van der Waals surface area (Å²) in [5.41, 5.74) is 4.29. The number of hydrogen-bond donors (Lipinski definition) is 0. The van der Waals surface area contributed by atoms with Gasteiger partial charge in [-0.3, -0.25) is 0 Å². The van der Waals surface area contributed by atoms with E-state index in [0.717, 1.165) is 50.8 Å². The highest BCUT2D eigenvalue weighted by Crippen LogP contribution is 2.45. The van der Waals surface area contributed by atoms with Crippen molar-refractivity contribution in [1.82, 2.24) is 24.1 Å². The van der Waals surface area contributed by atoms with Gasteiger partial charge in [0.25, 0.3) is 0 Å². The van der Waals surface area contributed by atoms with E-state index in [9.17, 15) is 39.5 Å². The van der Waals surface area contributed by atoms with Crippen LogP contribution in [0.15, 0.2) is 224 Å². The Kier molecular flexibility index (Phi) is 12.0. The minimum Gasteiger partial charge on any atom is -0.309 e. The first-order chi connectivity index (χ1) is 38.9. The van der Waals surface area contributed by atoms with Crippen LogP contribution in [0.3, 0.4) is 0 Å². The first kappa shape index (κ1) is 50.7. The second-order valence-corrected chi connectivity index (χ2v) is 19.8. The molecule has 0 bridgehead atoms. The van der Waals surface area contributed by atoms with Gasteiger partial charge in [-0.2, -0.15) is 39.5 Å². The van der Waals surface area contributed by atoms with Crippen molar-refractivity contribution in [3.8, 4) is 78.9 Å². The van der Waals surface area contributed by atoms with Gasteiger partial charge in [-0.05, 0) is 113 Å². The summed E-state index contributed by atoms with van der Waals surface area (Å²) in [6, 6.07) is 63.7. The molecule has 0 aliphatic rings. The lowest BCUT2D eigenvalue weighted by atomic mass is 9.97. The summed E-state index contributed by atoms with van der Waals surface area (Å²) < 4.78 is 134. The Morgan fingerprint density at radius 1 is 0.309 bits per heavy atom. The van der Waals surface area contributed by atoms with E-state index in [1.807, 2.05) is 138 Å². The number of rotatable bonds is 8. The summed E-state index contributed by atoms with van der Waals surface area (Å²) in [4.78, 5) is 15.4. The summed E-state index contributed by atoms with van der Waals surface area (Å²) in [7, 11) is 0. The Balaban J connectivity index is 1.15. The normalized spacial score (nSPS) is 12.3. The smallest absolute Gasteiger partial charge is 0.309 e. The first-order valence-corrected chi connectivity index (χ1v) is 25.6. The fraction of sp³-hybridized carbons (Fsp3) is 0.0597. The van der Waals surface area contributed by atoms with Crippen LogP contribution in [0.5, 0.6) is 0 Å². The van der Waals surface area contributed by atoms with Crippen molar-refractivity contribution in [2.75, 3.05) is 0 Å². The van der Waals surface area contributed by atoms with Gasteiger partial charge in [0.05, 0.1) is 44.4 Å². The SMILES string of the molecule is Cc1cc(-c2ccc3c4ccc(-c5cc(C(F)(F)F)cc(C(F)(F)F)c5)cc4n(-c4ccc(-c5cccc6c7ccccc7n(-c7ccccc7)c56)cc4-c4nc(-c5ccccc5)nc(-c5ccccc5)n4)c3c2)cc(C(F)(F)F)c1. The summed E-state index contributed by atoms with van der Waals surface area (Å²) in [6.45, 7) is 1.57. The first-order valence-electron chi connectivity index (χ1n) is 25.6. The van der Waals surface area contributed by atoms with E-state index in [1.165, 1.54) is 12.1 Å². The predicted molar refractivity (Wildman–Crippen MR) is 301 cm³/mol. The van der Waals surface area contributed by atoms with Gasteiger partial charge in [-0.1, -0.05) is 152 Å². The topological polar surface area (TPSA) is 48.5 Å². The van der Waals surface area contributed by atoms with Crippen LogP contribution in [0, 0.1) is 6.92 Å². The second kappa shape index (κ2) is 19.2. The van der Waals surface area contributed by atoms with Gasteiger partial charge < -0.3 is 9.13 Å². The lowest BCUT2D eigenvalue weighted by Gasteiger charge is -2.18. The Morgan fingerprint density at radius 2 is 0.778 bits per heavy atom. The van der Waals surface area contributed by atoms with Crippen LogP contribution in [-0.4, -0.2) is 24.1 Å². The average molecular weight is 1090 g/mol. The molecule has 13 aromatic rings. The van der Waals surface area contributed by atoms with Crippen LogP contribution in [0.25, 0.3) is 123 Å². The lowest BCUT2D eigenvalue weighted by Crippen LogP contribution is -2.11. The summed E-state index contributed by atoms with van der Waals surface area (Å²) in [5, 5.41) is 3.12. The maximum Gasteiger partial charge on any atom is 0.416 e. The maximum absolute atomic E-state index is 14.5. The fourth-order valence-corrected chi connectivity index (χ4v) is 11.0. The molecule has 13 rings (SSSR count). The Bertz CT molecular complexity index is 4510. The van der Waals surface area contributed by atoms with Crippen LogP contribution in [0.4, 0.5) is 39.5 Å². The molecule has 0 N–H and O–H groups in total. The van der Waals surface area contributed by atoms with Crippen molar-refractivity contribution < 1.29 is 39.5 Å². The molecule has 0 saturated carbocycles. The van der Waals surface area contributed by atoms with E-state index in [4.69, 9.17) is 15.0 Å². The van der Waals surface area contributed by atoms with E-state index in [-0.39, 0.29) is 28.6 Å². The van der Waals surface area contributed by atoms with Crippen molar-refractivity contribution in [1.29, 1.82) is 0 Å². The van der Waals surface area contributed by atoms with Gasteiger partial charge in [-0.25, -0.2) is 15.0 Å². The highest BCUT2D eigenvalue weighted by atomic mass is 19.4. The number of aryl methyl sites for hydroxylation is 1. The molecule has 0 radical (unpaired) electrons. The van der Waals surface area contributed by atoms with Crippen molar-refractivity contribution in [2.45, 2.75) is 25.5 Å². The van der Waals surface area contributed by atoms with Crippen molar-refractivity contribution in [3.05, 3.63) is 247 Å². The molecule has 0 aliphatic carbocycles. The number of nitrogens with zero attached hydrogens (tertiary/aromatic N) is 5. The predicted octanol–water partition coefficient (Wildman–Crippen LogP) is 19.4. The molecule has 0 fully saturated rings. The number of aromatic nitrogens is 5. The molecule has 14 heteroatoms. The lowest BCUT2D eigenvalue weighted by molar-refractivity contribution is -0.143. The summed E-state index contributed by atoms with van der Waals surface area (Å²) >= 11 is 0. The average Bonchev–Trinajstić information content (AvgIpc) is 4.07. The number of para-hydroxylation sites is 3. The number of hydrogen-bond acceptors (Lipinski definition) is 3. The van der Waals surface area contributed by atoms with Gasteiger partial charge in [0.15, 0.2) is 17.5 Å². The molecule has 0 saturated heterocycles. The summed E-state index contributed by atoms with van der Waals surface area (Å²) in [5.74, 6) is 0.872. The molecule has 0 spiro atoms. The van der Waals surface area contributed by atoms with E-state index in [1.54, 1.807) is 37.3 Å². The zero-order valence-corrected chi connectivity index (χ0v) is 42.5. The van der Waals surface area contributed by atoms with E-state index in [2.05, 4.69) is 22.8 Å².